The first-order valence-corrected chi connectivity index (χ1v) is 11.5. The van der Waals surface area contributed by atoms with Crippen molar-refractivity contribution >= 4 is 33.2 Å². The van der Waals surface area contributed by atoms with E-state index in [9.17, 15) is 17.6 Å². The number of anilines is 1. The summed E-state index contributed by atoms with van der Waals surface area (Å²) in [5, 5.41) is 2.52. The van der Waals surface area contributed by atoms with Crippen LogP contribution < -0.4 is 9.62 Å². The van der Waals surface area contributed by atoms with Crippen molar-refractivity contribution < 1.29 is 17.6 Å². The molecule has 0 saturated carbocycles. The second-order valence-electron chi connectivity index (χ2n) is 6.86. The van der Waals surface area contributed by atoms with Gasteiger partial charge in [-0.25, -0.2) is 12.8 Å². The van der Waals surface area contributed by atoms with Gasteiger partial charge in [-0.2, -0.15) is 0 Å². The molecule has 0 saturated heterocycles. The van der Waals surface area contributed by atoms with Crippen molar-refractivity contribution in [3.63, 3.8) is 0 Å². The first-order valence-electron chi connectivity index (χ1n) is 9.71. The molecule has 0 aliphatic heterocycles. The highest BCUT2D eigenvalue weighted by Crippen LogP contribution is 2.27. The highest BCUT2D eigenvalue weighted by atomic mass is 35.5. The maximum atomic E-state index is 13.6. The maximum absolute atomic E-state index is 13.6. The van der Waals surface area contributed by atoms with E-state index in [0.717, 1.165) is 22.4 Å². The average molecular weight is 461 g/mol. The molecule has 3 aromatic carbocycles. The Labute approximate surface area is 186 Å². The summed E-state index contributed by atoms with van der Waals surface area (Å²) in [7, 11) is -4.06. The molecule has 0 atom stereocenters. The summed E-state index contributed by atoms with van der Waals surface area (Å²) >= 11 is 5.85. The lowest BCUT2D eigenvalue weighted by Gasteiger charge is -2.24. The SMILES string of the molecule is O=C(CN(c1ccc(F)c(Cl)c1)S(=O)(=O)c1ccccc1)NCCCc1ccccc1. The summed E-state index contributed by atoms with van der Waals surface area (Å²) in [6.45, 7) is -0.0539. The van der Waals surface area contributed by atoms with E-state index < -0.39 is 28.3 Å². The van der Waals surface area contributed by atoms with Gasteiger partial charge < -0.3 is 5.32 Å². The number of carbonyl (C=O) groups is 1. The van der Waals surface area contributed by atoms with Gasteiger partial charge in [0.2, 0.25) is 5.91 Å². The van der Waals surface area contributed by atoms with Gasteiger partial charge in [-0.3, -0.25) is 9.10 Å². The Balaban J connectivity index is 1.73. The molecule has 5 nitrogen and oxygen atoms in total. The number of hydrogen-bond acceptors (Lipinski definition) is 3. The third kappa shape index (κ3) is 6.06. The normalized spacial score (nSPS) is 11.2. The molecule has 3 rings (SSSR count). The van der Waals surface area contributed by atoms with Gasteiger partial charge in [0.15, 0.2) is 0 Å². The first-order chi connectivity index (χ1) is 14.9. The maximum Gasteiger partial charge on any atom is 0.264 e. The van der Waals surface area contributed by atoms with Crippen LogP contribution in [0.5, 0.6) is 0 Å². The van der Waals surface area contributed by atoms with E-state index in [1.54, 1.807) is 18.2 Å². The second-order valence-corrected chi connectivity index (χ2v) is 9.13. The molecule has 3 aromatic rings. The molecule has 0 radical (unpaired) electrons. The number of amides is 1. The van der Waals surface area contributed by atoms with E-state index in [1.165, 1.54) is 24.3 Å². The molecule has 1 amide bonds. The molecule has 0 unspecified atom stereocenters. The molecule has 31 heavy (non-hydrogen) atoms. The van der Waals surface area contributed by atoms with Gasteiger partial charge in [-0.1, -0.05) is 60.1 Å². The topological polar surface area (TPSA) is 66.5 Å². The van der Waals surface area contributed by atoms with Crippen molar-refractivity contribution in [2.24, 2.45) is 0 Å². The van der Waals surface area contributed by atoms with Gasteiger partial charge in [-0.15, -0.1) is 0 Å². The third-order valence-electron chi connectivity index (χ3n) is 4.62. The Kier molecular flexibility index (Phi) is 7.65. The number of halogens is 2. The van der Waals surface area contributed by atoms with Crippen LogP contribution in [0.15, 0.2) is 83.8 Å². The quantitative estimate of drug-likeness (QED) is 0.480. The predicted molar refractivity (Wildman–Crippen MR) is 120 cm³/mol. The van der Waals surface area contributed by atoms with Crippen LogP contribution in [0.2, 0.25) is 5.02 Å². The molecular weight excluding hydrogens is 439 g/mol. The summed E-state index contributed by atoms with van der Waals surface area (Å²) in [6.07, 6.45) is 1.50. The molecule has 8 heteroatoms. The standard InChI is InChI=1S/C23H22ClFN2O3S/c24-21-16-19(13-14-22(21)25)27(31(29,30)20-11-5-2-6-12-20)17-23(28)26-15-7-10-18-8-3-1-4-9-18/h1-6,8-9,11-14,16H,7,10,15,17H2,(H,26,28). The minimum atomic E-state index is -4.06. The highest BCUT2D eigenvalue weighted by molar-refractivity contribution is 7.92. The fourth-order valence-electron chi connectivity index (χ4n) is 3.03. The monoisotopic (exact) mass is 460 g/mol. The zero-order valence-corrected chi connectivity index (χ0v) is 18.2. The van der Waals surface area contributed by atoms with Crippen LogP contribution in [0.3, 0.4) is 0 Å². The fraction of sp³-hybridized carbons (Fsp3) is 0.174. The minimum absolute atomic E-state index is 0.0207. The van der Waals surface area contributed by atoms with Gasteiger partial charge in [0.05, 0.1) is 15.6 Å². The number of carbonyl (C=O) groups excluding carboxylic acids is 1. The molecule has 0 bridgehead atoms. The van der Waals surface area contributed by atoms with Crippen LogP contribution in [-0.2, 0) is 21.2 Å². The Hall–Kier alpha value is -2.90. The van der Waals surface area contributed by atoms with Gasteiger partial charge in [0.1, 0.15) is 12.4 Å². The smallest absolute Gasteiger partial charge is 0.264 e. The van der Waals surface area contributed by atoms with Crippen molar-refractivity contribution in [1.82, 2.24) is 5.32 Å². The number of nitrogens with zero attached hydrogens (tertiary/aromatic N) is 1. The zero-order chi connectivity index (χ0) is 22.3. The molecule has 0 aliphatic carbocycles. The number of aryl methyl sites for hydroxylation is 1. The van der Waals surface area contributed by atoms with Crippen LogP contribution in [0.25, 0.3) is 0 Å². The molecule has 162 valence electrons. The average Bonchev–Trinajstić information content (AvgIpc) is 2.78. The Morgan fingerprint density at radius 2 is 1.61 bits per heavy atom. The lowest BCUT2D eigenvalue weighted by atomic mass is 10.1. The summed E-state index contributed by atoms with van der Waals surface area (Å²) in [6, 6.07) is 21.2. The van der Waals surface area contributed by atoms with Crippen LogP contribution >= 0.6 is 11.6 Å². The largest absolute Gasteiger partial charge is 0.355 e. The van der Waals surface area contributed by atoms with E-state index in [0.29, 0.717) is 13.0 Å². The summed E-state index contributed by atoms with van der Waals surface area (Å²) in [4.78, 5) is 12.6. The van der Waals surface area contributed by atoms with Gasteiger partial charge in [-0.05, 0) is 48.7 Å². The molecule has 0 heterocycles. The fourth-order valence-corrected chi connectivity index (χ4v) is 4.63. The van der Waals surface area contributed by atoms with Crippen LogP contribution in [0, 0.1) is 5.82 Å². The van der Waals surface area contributed by atoms with Crippen LogP contribution in [0.4, 0.5) is 10.1 Å². The number of hydrogen-bond donors (Lipinski definition) is 1. The van der Waals surface area contributed by atoms with E-state index >= 15 is 0 Å². The third-order valence-corrected chi connectivity index (χ3v) is 6.69. The summed E-state index contributed by atoms with van der Waals surface area (Å²) < 4.78 is 40.9. The molecule has 0 aliphatic rings. The Morgan fingerprint density at radius 1 is 0.968 bits per heavy atom. The number of rotatable bonds is 9. The summed E-state index contributed by atoms with van der Waals surface area (Å²) in [5.74, 6) is -1.14. The van der Waals surface area contributed by atoms with Crippen molar-refractivity contribution in [3.8, 4) is 0 Å². The van der Waals surface area contributed by atoms with E-state index in [1.807, 2.05) is 30.3 Å². The predicted octanol–water partition coefficient (Wildman–Crippen LogP) is 4.42. The minimum Gasteiger partial charge on any atom is -0.355 e. The van der Waals surface area contributed by atoms with E-state index in [-0.39, 0.29) is 15.6 Å². The van der Waals surface area contributed by atoms with Gasteiger partial charge >= 0.3 is 0 Å². The Morgan fingerprint density at radius 3 is 2.26 bits per heavy atom. The number of nitrogens with one attached hydrogen (secondary N) is 1. The van der Waals surface area contributed by atoms with E-state index in [4.69, 9.17) is 11.6 Å². The zero-order valence-electron chi connectivity index (χ0n) is 16.7. The van der Waals surface area contributed by atoms with Gasteiger partial charge in [0, 0.05) is 6.54 Å². The van der Waals surface area contributed by atoms with Crippen molar-refractivity contribution in [1.29, 1.82) is 0 Å². The molecule has 1 N–H and O–H groups in total. The van der Waals surface area contributed by atoms with Gasteiger partial charge in [0.25, 0.3) is 10.0 Å². The highest BCUT2D eigenvalue weighted by Gasteiger charge is 2.27. The van der Waals surface area contributed by atoms with E-state index in [2.05, 4.69) is 5.32 Å². The first kappa shape index (κ1) is 22.8. The molecular formula is C23H22ClFN2O3S. The number of benzene rings is 3. The molecule has 0 aromatic heterocycles. The molecule has 0 fully saturated rings. The number of sulfonamides is 1. The van der Waals surface area contributed by atoms with Crippen LogP contribution in [0.1, 0.15) is 12.0 Å². The van der Waals surface area contributed by atoms with Crippen molar-refractivity contribution in [2.75, 3.05) is 17.4 Å². The second kappa shape index (κ2) is 10.4. The lowest BCUT2D eigenvalue weighted by Crippen LogP contribution is -2.41. The van der Waals surface area contributed by atoms with Crippen molar-refractivity contribution in [3.05, 3.63) is 95.3 Å². The Bertz CT molecular complexity index is 1130. The van der Waals surface area contributed by atoms with Crippen LogP contribution in [-0.4, -0.2) is 27.4 Å². The lowest BCUT2D eigenvalue weighted by molar-refractivity contribution is -0.119. The van der Waals surface area contributed by atoms with Crippen molar-refractivity contribution in [2.45, 2.75) is 17.7 Å². The summed E-state index contributed by atoms with van der Waals surface area (Å²) in [5.41, 5.74) is 1.26. The molecule has 0 spiro atoms.